The van der Waals surface area contributed by atoms with E-state index in [-0.39, 0.29) is 6.42 Å². The fourth-order valence-corrected chi connectivity index (χ4v) is 1.55. The molecule has 1 aromatic rings. The molecule has 0 aromatic heterocycles. The monoisotopic (exact) mass is 220 g/mol. The molecule has 4 heteroatoms. The lowest BCUT2D eigenvalue weighted by Gasteiger charge is -2.07. The molecule has 0 spiro atoms. The maximum absolute atomic E-state index is 11.5. The summed E-state index contributed by atoms with van der Waals surface area (Å²) in [4.78, 5) is 22.5. The summed E-state index contributed by atoms with van der Waals surface area (Å²) in [6, 6.07) is 9.27. The van der Waals surface area contributed by atoms with Crippen LogP contribution in [0.1, 0.15) is 12.0 Å². The van der Waals surface area contributed by atoms with Crippen LogP contribution in [-0.4, -0.2) is 24.6 Å². The zero-order chi connectivity index (χ0) is 11.4. The minimum Gasteiger partial charge on any atom is -0.463 e. The smallest absolute Gasteiger partial charge is 0.347 e. The number of carbonyl (C=O) groups excluding carboxylic acids is 2. The van der Waals surface area contributed by atoms with Crippen molar-refractivity contribution in [3.05, 3.63) is 35.9 Å². The highest BCUT2D eigenvalue weighted by Crippen LogP contribution is 2.11. The van der Waals surface area contributed by atoms with Gasteiger partial charge < -0.3 is 9.47 Å². The van der Waals surface area contributed by atoms with Crippen molar-refractivity contribution in [2.75, 3.05) is 6.61 Å². The van der Waals surface area contributed by atoms with Crippen LogP contribution in [0.2, 0.25) is 0 Å². The molecule has 0 bridgehead atoms. The van der Waals surface area contributed by atoms with E-state index in [1.54, 1.807) is 0 Å². The molecule has 0 unspecified atom stereocenters. The minimum absolute atomic E-state index is 0.185. The number of esters is 2. The third kappa shape index (κ3) is 2.59. The average molecular weight is 220 g/mol. The molecule has 16 heavy (non-hydrogen) atoms. The van der Waals surface area contributed by atoms with E-state index in [1.165, 1.54) is 0 Å². The van der Waals surface area contributed by atoms with Crippen LogP contribution in [0.5, 0.6) is 0 Å². The van der Waals surface area contributed by atoms with Crippen molar-refractivity contribution in [2.24, 2.45) is 0 Å². The molecule has 1 atom stereocenters. The van der Waals surface area contributed by atoms with Gasteiger partial charge in [-0.25, -0.2) is 4.79 Å². The van der Waals surface area contributed by atoms with Gasteiger partial charge in [0.1, 0.15) is 0 Å². The number of cyclic esters (lactones) is 1. The Balaban J connectivity index is 1.87. The summed E-state index contributed by atoms with van der Waals surface area (Å²) in [7, 11) is 0. The molecule has 1 fully saturated rings. The zero-order valence-electron chi connectivity index (χ0n) is 8.72. The summed E-state index contributed by atoms with van der Waals surface area (Å²) >= 11 is 0. The number of hydrogen-bond donors (Lipinski definition) is 0. The van der Waals surface area contributed by atoms with Crippen molar-refractivity contribution in [3.8, 4) is 0 Å². The van der Waals surface area contributed by atoms with Crippen LogP contribution in [0, 0.1) is 0 Å². The van der Waals surface area contributed by atoms with Crippen molar-refractivity contribution >= 4 is 11.9 Å². The van der Waals surface area contributed by atoms with Gasteiger partial charge in [0.2, 0.25) is 6.10 Å². The molecule has 1 aliphatic heterocycles. The highest BCUT2D eigenvalue weighted by molar-refractivity contribution is 5.81. The fraction of sp³-hybridized carbons (Fsp3) is 0.333. The number of benzene rings is 1. The van der Waals surface area contributed by atoms with Gasteiger partial charge in [-0.15, -0.1) is 0 Å². The number of rotatable bonds is 3. The largest absolute Gasteiger partial charge is 0.463 e. The lowest BCUT2D eigenvalue weighted by Crippen LogP contribution is -2.23. The molecule has 0 amide bonds. The van der Waals surface area contributed by atoms with E-state index in [1.807, 2.05) is 30.3 Å². The molecule has 4 nitrogen and oxygen atoms in total. The minimum atomic E-state index is -0.712. The Hall–Kier alpha value is -1.84. The van der Waals surface area contributed by atoms with Gasteiger partial charge in [-0.3, -0.25) is 4.79 Å². The van der Waals surface area contributed by atoms with Gasteiger partial charge in [0.05, 0.1) is 13.0 Å². The van der Waals surface area contributed by atoms with Gasteiger partial charge in [-0.05, 0) is 5.56 Å². The maximum Gasteiger partial charge on any atom is 0.347 e. The quantitative estimate of drug-likeness (QED) is 0.715. The van der Waals surface area contributed by atoms with Crippen LogP contribution in [-0.2, 0) is 25.5 Å². The van der Waals surface area contributed by atoms with Crippen LogP contribution < -0.4 is 0 Å². The molecular weight excluding hydrogens is 208 g/mol. The molecule has 2 rings (SSSR count). The molecule has 0 saturated carbocycles. The topological polar surface area (TPSA) is 52.6 Å². The van der Waals surface area contributed by atoms with Gasteiger partial charge in [-0.1, -0.05) is 30.3 Å². The van der Waals surface area contributed by atoms with Crippen LogP contribution >= 0.6 is 0 Å². The predicted molar refractivity (Wildman–Crippen MR) is 55.6 cm³/mol. The Morgan fingerprint density at radius 3 is 2.75 bits per heavy atom. The maximum atomic E-state index is 11.5. The molecule has 1 aliphatic rings. The Morgan fingerprint density at radius 2 is 2.12 bits per heavy atom. The Morgan fingerprint density at radius 1 is 1.38 bits per heavy atom. The normalized spacial score (nSPS) is 19.2. The molecule has 1 saturated heterocycles. The molecule has 0 aliphatic carbocycles. The van der Waals surface area contributed by atoms with Crippen LogP contribution in [0.15, 0.2) is 30.3 Å². The number of carbonyl (C=O) groups is 2. The summed E-state index contributed by atoms with van der Waals surface area (Å²) in [5, 5.41) is 0. The van der Waals surface area contributed by atoms with Crippen molar-refractivity contribution in [1.29, 1.82) is 0 Å². The average Bonchev–Trinajstić information content (AvgIpc) is 2.66. The first kappa shape index (κ1) is 10.7. The lowest BCUT2D eigenvalue weighted by molar-refractivity contribution is -0.159. The second-order valence-electron chi connectivity index (χ2n) is 3.60. The van der Waals surface area contributed by atoms with Crippen molar-refractivity contribution in [3.63, 3.8) is 0 Å². The van der Waals surface area contributed by atoms with Crippen molar-refractivity contribution in [2.45, 2.75) is 18.9 Å². The van der Waals surface area contributed by atoms with E-state index in [4.69, 9.17) is 9.47 Å². The van der Waals surface area contributed by atoms with E-state index in [2.05, 4.69) is 0 Å². The summed E-state index contributed by atoms with van der Waals surface area (Å²) in [6.45, 7) is 0.335. The second-order valence-corrected chi connectivity index (χ2v) is 3.60. The van der Waals surface area contributed by atoms with Gasteiger partial charge in [-0.2, -0.15) is 0 Å². The number of ether oxygens (including phenoxy) is 2. The first-order valence-electron chi connectivity index (χ1n) is 5.16. The fourth-order valence-electron chi connectivity index (χ4n) is 1.55. The highest BCUT2D eigenvalue weighted by Gasteiger charge is 2.29. The first-order chi connectivity index (χ1) is 7.75. The Bertz CT molecular complexity index is 385. The van der Waals surface area contributed by atoms with E-state index in [0.29, 0.717) is 13.0 Å². The third-order valence-corrected chi connectivity index (χ3v) is 2.35. The van der Waals surface area contributed by atoms with Crippen molar-refractivity contribution < 1.29 is 19.1 Å². The molecular formula is C12H12O4. The highest BCUT2D eigenvalue weighted by atomic mass is 16.6. The molecule has 0 radical (unpaired) electrons. The summed E-state index contributed by atoms with van der Waals surface area (Å²) in [5.74, 6) is -0.837. The number of hydrogen-bond acceptors (Lipinski definition) is 4. The van der Waals surface area contributed by atoms with E-state index < -0.39 is 18.0 Å². The summed E-state index contributed by atoms with van der Waals surface area (Å²) in [5.41, 5.74) is 0.874. The second kappa shape index (κ2) is 4.79. The third-order valence-electron chi connectivity index (χ3n) is 2.35. The van der Waals surface area contributed by atoms with Crippen molar-refractivity contribution in [1.82, 2.24) is 0 Å². The van der Waals surface area contributed by atoms with Gasteiger partial charge in [0.25, 0.3) is 0 Å². The molecule has 84 valence electrons. The summed E-state index contributed by atoms with van der Waals surface area (Å²) < 4.78 is 9.71. The lowest BCUT2D eigenvalue weighted by atomic mass is 10.1. The molecule has 0 N–H and O–H groups in total. The Labute approximate surface area is 93.2 Å². The van der Waals surface area contributed by atoms with Crippen LogP contribution in [0.4, 0.5) is 0 Å². The van der Waals surface area contributed by atoms with E-state index in [0.717, 1.165) is 5.56 Å². The first-order valence-corrected chi connectivity index (χ1v) is 5.16. The van der Waals surface area contributed by atoms with E-state index in [9.17, 15) is 9.59 Å². The van der Waals surface area contributed by atoms with Gasteiger partial charge >= 0.3 is 11.9 Å². The molecule has 1 heterocycles. The standard InChI is InChI=1S/C12H12O4/c13-11(8-9-4-2-1-3-5-9)16-10-6-7-15-12(10)14/h1-5,10H,6-8H2/t10-/m0/s1. The zero-order valence-corrected chi connectivity index (χ0v) is 8.72. The van der Waals surface area contributed by atoms with Crippen LogP contribution in [0.25, 0.3) is 0 Å². The van der Waals surface area contributed by atoms with Gasteiger partial charge in [0, 0.05) is 6.42 Å². The van der Waals surface area contributed by atoms with Gasteiger partial charge in [0.15, 0.2) is 0 Å². The van der Waals surface area contributed by atoms with Crippen LogP contribution in [0.3, 0.4) is 0 Å². The Kier molecular flexibility index (Phi) is 3.19. The molecule has 1 aromatic carbocycles. The summed E-state index contributed by atoms with van der Waals surface area (Å²) in [6.07, 6.45) is -0.0690. The predicted octanol–water partition coefficient (Wildman–Crippen LogP) is 1.09. The van der Waals surface area contributed by atoms with E-state index >= 15 is 0 Å². The SMILES string of the molecule is O=C(Cc1ccccc1)O[C@H]1CCOC1=O.